The van der Waals surface area contributed by atoms with Crippen molar-refractivity contribution in [1.29, 1.82) is 0 Å². The number of phenolic OH excluding ortho intramolecular Hbond substituents is 1. The van der Waals surface area contributed by atoms with Crippen molar-refractivity contribution in [3.63, 3.8) is 0 Å². The van der Waals surface area contributed by atoms with Crippen LogP contribution < -0.4 is 4.74 Å². The number of aliphatic carboxylic acids is 1. The molecule has 0 saturated carbocycles. The maximum Gasteiger partial charge on any atom is 0.342 e. The molecular formula is C14H14N2O5S. The molecule has 1 aromatic carbocycles. The van der Waals surface area contributed by atoms with E-state index in [1.807, 2.05) is 6.92 Å². The van der Waals surface area contributed by atoms with Crippen molar-refractivity contribution in [3.8, 4) is 11.5 Å². The first-order valence-electron chi connectivity index (χ1n) is 6.35. The summed E-state index contributed by atoms with van der Waals surface area (Å²) in [6, 6.07) is 4.59. The summed E-state index contributed by atoms with van der Waals surface area (Å²) in [7, 11) is 1.43. The van der Waals surface area contributed by atoms with Crippen LogP contribution in [-0.2, 0) is 11.2 Å². The Morgan fingerprint density at radius 2 is 2.23 bits per heavy atom. The molecule has 116 valence electrons. The number of aryl methyl sites for hydroxylation is 1. The zero-order chi connectivity index (χ0) is 16.1. The van der Waals surface area contributed by atoms with E-state index in [1.54, 1.807) is 12.1 Å². The van der Waals surface area contributed by atoms with E-state index in [9.17, 15) is 15.0 Å². The minimum absolute atomic E-state index is 0.00382. The van der Waals surface area contributed by atoms with E-state index in [2.05, 4.69) is 10.2 Å². The Balaban J connectivity index is 2.26. The molecule has 2 rings (SSSR count). The van der Waals surface area contributed by atoms with Gasteiger partial charge < -0.3 is 19.4 Å². The fourth-order valence-electron chi connectivity index (χ4n) is 1.60. The van der Waals surface area contributed by atoms with Crippen molar-refractivity contribution in [2.45, 2.75) is 18.6 Å². The molecule has 22 heavy (non-hydrogen) atoms. The lowest BCUT2D eigenvalue weighted by molar-refractivity contribution is -0.131. The average molecular weight is 322 g/mol. The largest absolute Gasteiger partial charge is 0.504 e. The summed E-state index contributed by atoms with van der Waals surface area (Å²) in [5.41, 5.74) is 0.512. The highest BCUT2D eigenvalue weighted by Crippen LogP contribution is 2.31. The summed E-state index contributed by atoms with van der Waals surface area (Å²) >= 11 is 0.852. The standard InChI is InChI=1S/C14H14N2O5S/c1-3-12-15-16-14(21-12)22-11(13(18)19)7-8-4-5-10(20-2)9(17)6-8/h4-7,17H,3H2,1-2H3,(H,18,19)/b11-7-. The third-order valence-electron chi connectivity index (χ3n) is 2.66. The third kappa shape index (κ3) is 3.79. The Morgan fingerprint density at radius 3 is 2.77 bits per heavy atom. The van der Waals surface area contributed by atoms with Crippen molar-refractivity contribution in [2.24, 2.45) is 0 Å². The van der Waals surface area contributed by atoms with E-state index >= 15 is 0 Å². The number of rotatable bonds is 6. The first-order valence-corrected chi connectivity index (χ1v) is 7.17. The quantitative estimate of drug-likeness (QED) is 0.617. The van der Waals surface area contributed by atoms with Crippen LogP contribution in [0.3, 0.4) is 0 Å². The molecule has 0 aliphatic rings. The van der Waals surface area contributed by atoms with Gasteiger partial charge in [-0.25, -0.2) is 4.79 Å². The molecule has 2 N–H and O–H groups in total. The van der Waals surface area contributed by atoms with E-state index in [1.165, 1.54) is 19.3 Å². The number of carbonyl (C=O) groups is 1. The van der Waals surface area contributed by atoms with E-state index < -0.39 is 5.97 Å². The maximum absolute atomic E-state index is 11.3. The maximum atomic E-state index is 11.3. The monoisotopic (exact) mass is 322 g/mol. The number of aromatic hydroxyl groups is 1. The molecule has 0 saturated heterocycles. The number of nitrogens with zero attached hydrogens (tertiary/aromatic N) is 2. The van der Waals surface area contributed by atoms with Crippen LogP contribution in [0.5, 0.6) is 11.5 Å². The molecule has 0 aliphatic heterocycles. The number of benzene rings is 1. The fourth-order valence-corrected chi connectivity index (χ4v) is 2.29. The highest BCUT2D eigenvalue weighted by atomic mass is 32.2. The minimum atomic E-state index is -1.13. The molecular weight excluding hydrogens is 308 g/mol. The number of aromatic nitrogens is 2. The van der Waals surface area contributed by atoms with Crippen LogP contribution in [0.15, 0.2) is 32.7 Å². The van der Waals surface area contributed by atoms with Crippen LogP contribution >= 0.6 is 11.8 Å². The summed E-state index contributed by atoms with van der Waals surface area (Å²) < 4.78 is 10.2. The van der Waals surface area contributed by atoms with Gasteiger partial charge in [-0.2, -0.15) is 0 Å². The van der Waals surface area contributed by atoms with Crippen LogP contribution in [0, 0.1) is 0 Å². The topological polar surface area (TPSA) is 106 Å². The number of phenols is 1. The summed E-state index contributed by atoms with van der Waals surface area (Å²) in [6.45, 7) is 1.86. The lowest BCUT2D eigenvalue weighted by Gasteiger charge is -2.04. The summed E-state index contributed by atoms with van der Waals surface area (Å²) in [6.07, 6.45) is 1.98. The van der Waals surface area contributed by atoms with E-state index in [0.29, 0.717) is 23.6 Å². The SMILES string of the molecule is CCc1nnc(S/C(=C\c2ccc(OC)c(O)c2)C(=O)O)o1. The zero-order valence-electron chi connectivity index (χ0n) is 11.9. The number of hydrogen-bond donors (Lipinski definition) is 2. The van der Waals surface area contributed by atoms with Gasteiger partial charge in [0.25, 0.3) is 5.22 Å². The number of thioether (sulfide) groups is 1. The van der Waals surface area contributed by atoms with Crippen molar-refractivity contribution < 1.29 is 24.2 Å². The molecule has 0 atom stereocenters. The zero-order valence-corrected chi connectivity index (χ0v) is 12.8. The van der Waals surface area contributed by atoms with Crippen molar-refractivity contribution >= 4 is 23.8 Å². The number of hydrogen-bond acceptors (Lipinski definition) is 7. The second kappa shape index (κ2) is 6.99. The summed E-state index contributed by atoms with van der Waals surface area (Å²) in [4.78, 5) is 11.3. The second-order valence-electron chi connectivity index (χ2n) is 4.16. The molecule has 7 nitrogen and oxygen atoms in total. The molecule has 1 heterocycles. The molecule has 0 amide bonds. The van der Waals surface area contributed by atoms with Crippen LogP contribution in [0.25, 0.3) is 6.08 Å². The van der Waals surface area contributed by atoms with Crippen molar-refractivity contribution in [1.82, 2.24) is 10.2 Å². The molecule has 1 aromatic heterocycles. The molecule has 0 bridgehead atoms. The number of carboxylic acid groups (broad SMARTS) is 1. The van der Waals surface area contributed by atoms with Gasteiger partial charge in [0.1, 0.15) is 4.91 Å². The van der Waals surface area contributed by atoms with E-state index in [4.69, 9.17) is 9.15 Å². The molecule has 0 fully saturated rings. The third-order valence-corrected chi connectivity index (χ3v) is 3.51. The Labute approximate surface area is 130 Å². The number of methoxy groups -OCH3 is 1. The molecule has 0 unspecified atom stereocenters. The van der Waals surface area contributed by atoms with E-state index in [0.717, 1.165) is 11.8 Å². The minimum Gasteiger partial charge on any atom is -0.504 e. The van der Waals surface area contributed by atoms with Crippen LogP contribution in [-0.4, -0.2) is 33.5 Å². The lowest BCUT2D eigenvalue weighted by atomic mass is 10.2. The van der Waals surface area contributed by atoms with Gasteiger partial charge >= 0.3 is 5.97 Å². The van der Waals surface area contributed by atoms with Gasteiger partial charge in [-0.3, -0.25) is 0 Å². The highest BCUT2D eigenvalue weighted by Gasteiger charge is 2.15. The molecule has 0 spiro atoms. The smallest absolute Gasteiger partial charge is 0.342 e. The molecule has 0 radical (unpaired) electrons. The Hall–Kier alpha value is -2.48. The van der Waals surface area contributed by atoms with Gasteiger partial charge in [0.15, 0.2) is 11.5 Å². The van der Waals surface area contributed by atoms with Crippen LogP contribution in [0.1, 0.15) is 18.4 Å². The molecule has 0 aliphatic carbocycles. The first kappa shape index (κ1) is 15.9. The highest BCUT2D eigenvalue weighted by molar-refractivity contribution is 8.03. The Bertz CT molecular complexity index is 711. The second-order valence-corrected chi connectivity index (χ2v) is 5.16. The fraction of sp³-hybridized carbons (Fsp3) is 0.214. The van der Waals surface area contributed by atoms with Crippen molar-refractivity contribution in [3.05, 3.63) is 34.6 Å². The molecule has 2 aromatic rings. The van der Waals surface area contributed by atoms with Crippen LogP contribution in [0.4, 0.5) is 0 Å². The van der Waals surface area contributed by atoms with Gasteiger partial charge in [-0.1, -0.05) is 13.0 Å². The Morgan fingerprint density at radius 1 is 1.45 bits per heavy atom. The summed E-state index contributed by atoms with van der Waals surface area (Å²) in [5.74, 6) is -0.450. The van der Waals surface area contributed by atoms with Crippen LogP contribution in [0.2, 0.25) is 0 Å². The Kier molecular flexibility index (Phi) is 5.05. The van der Waals surface area contributed by atoms with Gasteiger partial charge in [0.2, 0.25) is 5.89 Å². The van der Waals surface area contributed by atoms with Gasteiger partial charge in [-0.05, 0) is 35.5 Å². The average Bonchev–Trinajstić information content (AvgIpc) is 2.94. The first-order chi connectivity index (χ1) is 10.5. The van der Waals surface area contributed by atoms with Gasteiger partial charge in [-0.15, -0.1) is 10.2 Å². The normalized spacial score (nSPS) is 11.5. The predicted molar refractivity (Wildman–Crippen MR) is 79.8 cm³/mol. The number of ether oxygens (including phenoxy) is 1. The lowest BCUT2D eigenvalue weighted by Crippen LogP contribution is -1.96. The number of carboxylic acids is 1. The molecule has 8 heteroatoms. The van der Waals surface area contributed by atoms with Gasteiger partial charge in [0, 0.05) is 6.42 Å². The van der Waals surface area contributed by atoms with E-state index in [-0.39, 0.29) is 15.9 Å². The van der Waals surface area contributed by atoms with Crippen molar-refractivity contribution in [2.75, 3.05) is 7.11 Å². The summed E-state index contributed by atoms with van der Waals surface area (Å²) in [5, 5.41) is 26.7. The van der Waals surface area contributed by atoms with Gasteiger partial charge in [0.05, 0.1) is 7.11 Å². The predicted octanol–water partition coefficient (Wildman–Crippen LogP) is 2.56.